The van der Waals surface area contributed by atoms with Crippen LogP contribution in [0.2, 0.25) is 0 Å². The number of Topliss-reactive ketones (excluding diaryl/α,β-unsaturated/α-hetero) is 1. The quantitative estimate of drug-likeness (QED) is 0.254. The summed E-state index contributed by atoms with van der Waals surface area (Å²) in [6.07, 6.45) is 2.48. The predicted molar refractivity (Wildman–Crippen MR) is 121 cm³/mol. The fraction of sp³-hybridized carbons (Fsp3) is 0.125. The molecule has 0 fully saturated rings. The highest BCUT2D eigenvalue weighted by molar-refractivity contribution is 9.10. The van der Waals surface area contributed by atoms with E-state index in [1.807, 2.05) is 42.5 Å². The zero-order chi connectivity index (χ0) is 22.0. The minimum atomic E-state index is -0.439. The van der Waals surface area contributed by atoms with Crippen LogP contribution in [0.1, 0.15) is 27.0 Å². The topological polar surface area (TPSA) is 78.7 Å². The van der Waals surface area contributed by atoms with E-state index in [1.54, 1.807) is 19.2 Å². The number of hydrogen-bond donors (Lipinski definition) is 0. The van der Waals surface area contributed by atoms with E-state index in [0.717, 1.165) is 27.8 Å². The summed E-state index contributed by atoms with van der Waals surface area (Å²) in [5, 5.41) is 10.8. The van der Waals surface area contributed by atoms with E-state index in [4.69, 9.17) is 9.47 Å². The Morgan fingerprint density at radius 3 is 2.55 bits per heavy atom. The Kier molecular flexibility index (Phi) is 5.86. The maximum Gasteiger partial charge on any atom is 0.269 e. The van der Waals surface area contributed by atoms with E-state index in [9.17, 15) is 14.9 Å². The highest BCUT2D eigenvalue weighted by Crippen LogP contribution is 2.38. The summed E-state index contributed by atoms with van der Waals surface area (Å²) in [6, 6.07) is 17.5. The van der Waals surface area contributed by atoms with Crippen LogP contribution in [0.4, 0.5) is 5.69 Å². The van der Waals surface area contributed by atoms with E-state index >= 15 is 0 Å². The van der Waals surface area contributed by atoms with Crippen LogP contribution < -0.4 is 9.47 Å². The molecular weight excluding hydrogens is 462 g/mol. The molecule has 0 saturated carbocycles. The molecule has 7 heteroatoms. The Morgan fingerprint density at radius 1 is 1.13 bits per heavy atom. The number of halogens is 1. The molecule has 156 valence electrons. The zero-order valence-electron chi connectivity index (χ0n) is 16.6. The lowest BCUT2D eigenvalue weighted by Gasteiger charge is -2.14. The first-order chi connectivity index (χ1) is 15.0. The van der Waals surface area contributed by atoms with Gasteiger partial charge in [-0.2, -0.15) is 0 Å². The van der Waals surface area contributed by atoms with Crippen molar-refractivity contribution in [1.82, 2.24) is 0 Å². The summed E-state index contributed by atoms with van der Waals surface area (Å²) < 4.78 is 12.1. The number of rotatable bonds is 6. The van der Waals surface area contributed by atoms with Gasteiger partial charge in [0.15, 0.2) is 17.3 Å². The van der Waals surface area contributed by atoms with Crippen LogP contribution in [0.5, 0.6) is 11.5 Å². The fourth-order valence-corrected chi connectivity index (χ4v) is 4.08. The lowest BCUT2D eigenvalue weighted by Crippen LogP contribution is -2.00. The molecule has 6 nitrogen and oxygen atoms in total. The fourth-order valence-electron chi connectivity index (χ4n) is 3.50. The molecule has 0 bridgehead atoms. The van der Waals surface area contributed by atoms with Crippen molar-refractivity contribution in [2.45, 2.75) is 13.0 Å². The monoisotopic (exact) mass is 479 g/mol. The molecule has 1 aliphatic carbocycles. The molecule has 0 aliphatic heterocycles. The van der Waals surface area contributed by atoms with Gasteiger partial charge < -0.3 is 9.47 Å². The van der Waals surface area contributed by atoms with Crippen LogP contribution in [0, 0.1) is 10.1 Å². The van der Waals surface area contributed by atoms with Crippen molar-refractivity contribution in [2.75, 3.05) is 7.11 Å². The largest absolute Gasteiger partial charge is 0.493 e. The molecule has 0 spiro atoms. The first kappa shape index (κ1) is 20.8. The van der Waals surface area contributed by atoms with E-state index in [0.29, 0.717) is 22.4 Å². The first-order valence-electron chi connectivity index (χ1n) is 9.53. The second kappa shape index (κ2) is 8.73. The molecule has 3 aromatic carbocycles. The number of ketones is 1. The molecule has 0 atom stereocenters. The molecule has 4 rings (SSSR count). The third kappa shape index (κ3) is 4.36. The summed E-state index contributed by atoms with van der Waals surface area (Å²) in [5.41, 5.74) is 4.16. The SMILES string of the molecule is COc1cc(/C=C2\Cc3ccccc3C2=O)cc(Br)c1OCc1ccc([N+](=O)[O-])cc1. The second-order valence-electron chi connectivity index (χ2n) is 7.08. The number of nitro groups is 1. The number of hydrogen-bond acceptors (Lipinski definition) is 5. The van der Waals surface area contributed by atoms with Gasteiger partial charge in [0.2, 0.25) is 0 Å². The van der Waals surface area contributed by atoms with Gasteiger partial charge in [0.1, 0.15) is 6.61 Å². The molecule has 31 heavy (non-hydrogen) atoms. The third-order valence-electron chi connectivity index (χ3n) is 5.06. The Bertz CT molecular complexity index is 1200. The van der Waals surface area contributed by atoms with E-state index in [-0.39, 0.29) is 18.1 Å². The van der Waals surface area contributed by atoms with E-state index in [2.05, 4.69) is 15.9 Å². The number of allylic oxidation sites excluding steroid dienone is 1. The number of non-ortho nitro benzene ring substituents is 1. The first-order valence-corrected chi connectivity index (χ1v) is 10.3. The van der Waals surface area contributed by atoms with Crippen molar-refractivity contribution in [3.05, 3.63) is 103 Å². The van der Waals surface area contributed by atoms with E-state index in [1.165, 1.54) is 12.1 Å². The van der Waals surface area contributed by atoms with Crippen LogP contribution in [-0.2, 0) is 13.0 Å². The standard InChI is InChI=1S/C24H18BrNO5/c1-30-22-12-16(10-18-13-17-4-2-3-5-20(17)23(18)27)11-21(25)24(22)31-14-15-6-8-19(9-7-15)26(28)29/h2-12H,13-14H2,1H3/b18-10+. The van der Waals surface area contributed by atoms with Gasteiger partial charge in [0.05, 0.1) is 16.5 Å². The predicted octanol–water partition coefficient (Wildman–Crippen LogP) is 5.77. The van der Waals surface area contributed by atoms with Crippen LogP contribution in [0.3, 0.4) is 0 Å². The summed E-state index contributed by atoms with van der Waals surface area (Å²) in [4.78, 5) is 23.0. The highest BCUT2D eigenvalue weighted by atomic mass is 79.9. The van der Waals surface area contributed by atoms with Crippen LogP contribution >= 0.6 is 15.9 Å². The highest BCUT2D eigenvalue weighted by Gasteiger charge is 2.24. The van der Waals surface area contributed by atoms with Crippen molar-refractivity contribution >= 4 is 33.5 Å². The van der Waals surface area contributed by atoms with Crippen LogP contribution in [-0.4, -0.2) is 17.8 Å². The van der Waals surface area contributed by atoms with Crippen molar-refractivity contribution in [1.29, 1.82) is 0 Å². The molecule has 0 unspecified atom stereocenters. The maximum absolute atomic E-state index is 12.7. The molecule has 0 heterocycles. The minimum absolute atomic E-state index is 0.0310. The molecule has 1 aliphatic rings. The summed E-state index contributed by atoms with van der Waals surface area (Å²) in [5.74, 6) is 1.08. The Balaban J connectivity index is 1.55. The summed E-state index contributed by atoms with van der Waals surface area (Å²) in [7, 11) is 1.55. The molecule has 0 radical (unpaired) electrons. The number of nitrogens with zero attached hydrogens (tertiary/aromatic N) is 1. The van der Waals surface area contributed by atoms with Crippen LogP contribution in [0.25, 0.3) is 6.08 Å². The van der Waals surface area contributed by atoms with Crippen LogP contribution in [0.15, 0.2) is 70.7 Å². The van der Waals surface area contributed by atoms with Gasteiger partial charge in [-0.3, -0.25) is 14.9 Å². The number of carbonyl (C=O) groups excluding carboxylic acids is 1. The molecule has 3 aromatic rings. The lowest BCUT2D eigenvalue weighted by molar-refractivity contribution is -0.384. The maximum atomic E-state index is 12.7. The Labute approximate surface area is 187 Å². The number of fused-ring (bicyclic) bond motifs is 1. The van der Waals surface area contributed by atoms with Gasteiger partial charge in [-0.1, -0.05) is 24.3 Å². The van der Waals surface area contributed by atoms with Gasteiger partial charge in [-0.05, 0) is 63.0 Å². The molecule has 0 N–H and O–H groups in total. The van der Waals surface area contributed by atoms with Crippen molar-refractivity contribution in [2.24, 2.45) is 0 Å². The smallest absolute Gasteiger partial charge is 0.269 e. The number of nitro benzene ring substituents is 1. The molecule has 0 saturated heterocycles. The van der Waals surface area contributed by atoms with Crippen molar-refractivity contribution in [3.8, 4) is 11.5 Å². The second-order valence-corrected chi connectivity index (χ2v) is 7.93. The van der Waals surface area contributed by atoms with E-state index < -0.39 is 4.92 Å². The van der Waals surface area contributed by atoms with Gasteiger partial charge in [-0.25, -0.2) is 0 Å². The molecular formula is C24H18BrNO5. The van der Waals surface area contributed by atoms with Crippen molar-refractivity contribution in [3.63, 3.8) is 0 Å². The van der Waals surface area contributed by atoms with Gasteiger partial charge in [0, 0.05) is 29.7 Å². The number of benzene rings is 3. The van der Waals surface area contributed by atoms with Gasteiger partial charge >= 0.3 is 0 Å². The Hall–Kier alpha value is -3.45. The lowest BCUT2D eigenvalue weighted by atomic mass is 10.1. The molecule has 0 aromatic heterocycles. The number of methoxy groups -OCH3 is 1. The zero-order valence-corrected chi connectivity index (χ0v) is 18.2. The molecule has 0 amide bonds. The van der Waals surface area contributed by atoms with Crippen molar-refractivity contribution < 1.29 is 19.2 Å². The Morgan fingerprint density at radius 2 is 1.87 bits per heavy atom. The van der Waals surface area contributed by atoms with Gasteiger partial charge in [-0.15, -0.1) is 0 Å². The normalized spacial score (nSPS) is 13.9. The third-order valence-corrected chi connectivity index (χ3v) is 5.65. The number of ether oxygens (including phenoxy) is 2. The number of carbonyl (C=O) groups is 1. The average Bonchev–Trinajstić information content (AvgIpc) is 3.08. The van der Waals surface area contributed by atoms with Gasteiger partial charge in [0.25, 0.3) is 5.69 Å². The summed E-state index contributed by atoms with van der Waals surface area (Å²) >= 11 is 3.53. The minimum Gasteiger partial charge on any atom is -0.493 e. The average molecular weight is 480 g/mol. The summed E-state index contributed by atoms with van der Waals surface area (Å²) in [6.45, 7) is 0.223.